The SMILES string of the molecule is C#CCCOc1ccc(C(=O)c2ccc(OCCC#C)cc2)cc1. The van der Waals surface area contributed by atoms with Gasteiger partial charge in [-0.1, -0.05) is 0 Å². The first-order chi connectivity index (χ1) is 11.7. The average Bonchev–Trinajstić information content (AvgIpc) is 2.63. The van der Waals surface area contributed by atoms with Crippen molar-refractivity contribution in [3.63, 3.8) is 0 Å². The number of ether oxygens (including phenoxy) is 2. The van der Waals surface area contributed by atoms with E-state index in [2.05, 4.69) is 11.8 Å². The van der Waals surface area contributed by atoms with Crippen LogP contribution in [0, 0.1) is 24.7 Å². The van der Waals surface area contributed by atoms with Crippen molar-refractivity contribution in [2.75, 3.05) is 13.2 Å². The van der Waals surface area contributed by atoms with Crippen LogP contribution in [0.15, 0.2) is 48.5 Å². The van der Waals surface area contributed by atoms with Crippen molar-refractivity contribution in [1.29, 1.82) is 0 Å². The molecule has 0 aliphatic rings. The molecule has 0 amide bonds. The molecule has 2 aromatic rings. The molecule has 0 aromatic heterocycles. The predicted molar refractivity (Wildman–Crippen MR) is 94.2 cm³/mol. The Bertz CT molecular complexity index is 678. The van der Waals surface area contributed by atoms with E-state index in [9.17, 15) is 4.79 Å². The summed E-state index contributed by atoms with van der Waals surface area (Å²) in [5, 5.41) is 0. The minimum Gasteiger partial charge on any atom is -0.493 e. The van der Waals surface area contributed by atoms with Gasteiger partial charge in [-0.05, 0) is 48.5 Å². The van der Waals surface area contributed by atoms with Crippen molar-refractivity contribution in [2.45, 2.75) is 12.8 Å². The fourth-order valence-corrected chi connectivity index (χ4v) is 2.03. The van der Waals surface area contributed by atoms with E-state index in [1.807, 2.05) is 0 Å². The first-order valence-corrected chi connectivity index (χ1v) is 7.62. The van der Waals surface area contributed by atoms with Gasteiger partial charge in [0.1, 0.15) is 11.5 Å². The van der Waals surface area contributed by atoms with Crippen LogP contribution in [0.25, 0.3) is 0 Å². The Morgan fingerprint density at radius 2 is 1.12 bits per heavy atom. The molecule has 3 nitrogen and oxygen atoms in total. The molecule has 0 aliphatic heterocycles. The lowest BCUT2D eigenvalue weighted by Gasteiger charge is -2.07. The Morgan fingerprint density at radius 1 is 0.750 bits per heavy atom. The van der Waals surface area contributed by atoms with Crippen LogP contribution in [0.2, 0.25) is 0 Å². The van der Waals surface area contributed by atoms with Crippen LogP contribution >= 0.6 is 0 Å². The molecule has 0 saturated carbocycles. The molecule has 0 saturated heterocycles. The number of hydrogen-bond donors (Lipinski definition) is 0. The highest BCUT2D eigenvalue weighted by molar-refractivity contribution is 6.09. The zero-order valence-corrected chi connectivity index (χ0v) is 13.3. The fraction of sp³-hybridized carbons (Fsp3) is 0.190. The fourth-order valence-electron chi connectivity index (χ4n) is 2.03. The molecule has 0 spiro atoms. The quantitative estimate of drug-likeness (QED) is 0.423. The number of benzene rings is 2. The van der Waals surface area contributed by atoms with E-state index >= 15 is 0 Å². The first kappa shape index (κ1) is 17.2. The number of carbonyl (C=O) groups excluding carboxylic acids is 1. The molecular formula is C21H18O3. The maximum absolute atomic E-state index is 12.5. The maximum atomic E-state index is 12.5. The van der Waals surface area contributed by atoms with Crippen LogP contribution in [0.5, 0.6) is 11.5 Å². The largest absolute Gasteiger partial charge is 0.493 e. The predicted octanol–water partition coefficient (Wildman–Crippen LogP) is 3.72. The Morgan fingerprint density at radius 3 is 1.46 bits per heavy atom. The van der Waals surface area contributed by atoms with E-state index in [0.717, 1.165) is 0 Å². The van der Waals surface area contributed by atoms with E-state index in [-0.39, 0.29) is 5.78 Å². The van der Waals surface area contributed by atoms with Gasteiger partial charge in [0.05, 0.1) is 13.2 Å². The van der Waals surface area contributed by atoms with E-state index in [4.69, 9.17) is 22.3 Å². The third-order valence-electron chi connectivity index (χ3n) is 3.26. The zero-order valence-electron chi connectivity index (χ0n) is 13.3. The van der Waals surface area contributed by atoms with E-state index < -0.39 is 0 Å². The smallest absolute Gasteiger partial charge is 0.193 e. The van der Waals surface area contributed by atoms with Gasteiger partial charge >= 0.3 is 0 Å². The maximum Gasteiger partial charge on any atom is 0.193 e. The van der Waals surface area contributed by atoms with Gasteiger partial charge in [0.25, 0.3) is 0 Å². The van der Waals surface area contributed by atoms with Crippen molar-refractivity contribution < 1.29 is 14.3 Å². The molecule has 2 aromatic carbocycles. The van der Waals surface area contributed by atoms with Gasteiger partial charge in [0.15, 0.2) is 5.78 Å². The van der Waals surface area contributed by atoms with Crippen molar-refractivity contribution in [3.05, 3.63) is 59.7 Å². The topological polar surface area (TPSA) is 35.5 Å². The van der Waals surface area contributed by atoms with Gasteiger partial charge in [-0.25, -0.2) is 0 Å². The molecule has 0 fully saturated rings. The molecule has 0 atom stereocenters. The Labute approximate surface area is 142 Å². The van der Waals surface area contributed by atoms with Crippen LogP contribution in [0.3, 0.4) is 0 Å². The van der Waals surface area contributed by atoms with Crippen molar-refractivity contribution >= 4 is 5.78 Å². The molecule has 3 heteroatoms. The summed E-state index contributed by atoms with van der Waals surface area (Å²) in [6, 6.07) is 14.0. The van der Waals surface area contributed by atoms with Crippen LogP contribution < -0.4 is 9.47 Å². The van der Waals surface area contributed by atoms with Crippen LogP contribution in [0.4, 0.5) is 0 Å². The number of hydrogen-bond acceptors (Lipinski definition) is 3. The summed E-state index contributed by atoms with van der Waals surface area (Å²) < 4.78 is 10.9. The molecule has 2 rings (SSSR count). The summed E-state index contributed by atoms with van der Waals surface area (Å²) in [4.78, 5) is 12.5. The van der Waals surface area contributed by atoms with Gasteiger partial charge in [-0.2, -0.15) is 0 Å². The molecule has 0 aliphatic carbocycles. The highest BCUT2D eigenvalue weighted by Crippen LogP contribution is 2.18. The van der Waals surface area contributed by atoms with Gasteiger partial charge in [-0.3, -0.25) is 4.79 Å². The Balaban J connectivity index is 1.98. The second-order valence-electron chi connectivity index (χ2n) is 4.98. The standard InChI is InChI=1S/C21H18O3/c1-3-5-15-23-19-11-7-17(8-12-19)21(22)18-9-13-20(14-10-18)24-16-6-4-2/h1-2,7-14H,5-6,15-16H2. The highest BCUT2D eigenvalue weighted by atomic mass is 16.5. The lowest BCUT2D eigenvalue weighted by molar-refractivity contribution is 0.103. The van der Waals surface area contributed by atoms with Crippen LogP contribution in [0.1, 0.15) is 28.8 Å². The molecule has 0 radical (unpaired) electrons. The summed E-state index contributed by atoms with van der Waals surface area (Å²) >= 11 is 0. The average molecular weight is 318 g/mol. The van der Waals surface area contributed by atoms with Gasteiger partial charge in [0, 0.05) is 24.0 Å². The van der Waals surface area contributed by atoms with Crippen LogP contribution in [-0.4, -0.2) is 19.0 Å². The molecule has 0 N–H and O–H groups in total. The monoisotopic (exact) mass is 318 g/mol. The summed E-state index contributed by atoms with van der Waals surface area (Å²) in [5.74, 6) is 6.35. The zero-order chi connectivity index (χ0) is 17.2. The number of terminal acetylenes is 2. The number of rotatable bonds is 8. The van der Waals surface area contributed by atoms with Crippen molar-refractivity contribution in [1.82, 2.24) is 0 Å². The molecular weight excluding hydrogens is 300 g/mol. The second kappa shape index (κ2) is 9.08. The summed E-state index contributed by atoms with van der Waals surface area (Å²) in [7, 11) is 0. The molecule has 0 unspecified atom stereocenters. The van der Waals surface area contributed by atoms with Crippen molar-refractivity contribution in [2.24, 2.45) is 0 Å². The molecule has 120 valence electrons. The van der Waals surface area contributed by atoms with Crippen molar-refractivity contribution in [3.8, 4) is 36.2 Å². The minimum atomic E-state index is -0.0552. The number of ketones is 1. The molecule has 24 heavy (non-hydrogen) atoms. The first-order valence-electron chi connectivity index (χ1n) is 7.62. The summed E-state index contributed by atoms with van der Waals surface area (Å²) in [6.45, 7) is 0.926. The van der Waals surface area contributed by atoms with Gasteiger partial charge in [0.2, 0.25) is 0 Å². The Hall–Kier alpha value is -3.17. The molecule has 0 heterocycles. The van der Waals surface area contributed by atoms with E-state index in [0.29, 0.717) is 48.7 Å². The third-order valence-corrected chi connectivity index (χ3v) is 3.26. The number of carbonyl (C=O) groups is 1. The summed E-state index contributed by atoms with van der Waals surface area (Å²) in [6.07, 6.45) is 11.5. The Kier molecular flexibility index (Phi) is 6.50. The summed E-state index contributed by atoms with van der Waals surface area (Å²) in [5.41, 5.74) is 1.19. The van der Waals surface area contributed by atoms with Crippen LogP contribution in [-0.2, 0) is 0 Å². The normalized spacial score (nSPS) is 9.58. The highest BCUT2D eigenvalue weighted by Gasteiger charge is 2.09. The lowest BCUT2D eigenvalue weighted by atomic mass is 10.0. The van der Waals surface area contributed by atoms with Gasteiger partial charge in [-0.15, -0.1) is 24.7 Å². The van der Waals surface area contributed by atoms with E-state index in [1.165, 1.54) is 0 Å². The third kappa shape index (κ3) is 4.93. The second-order valence-corrected chi connectivity index (χ2v) is 4.98. The van der Waals surface area contributed by atoms with E-state index in [1.54, 1.807) is 48.5 Å². The lowest BCUT2D eigenvalue weighted by Crippen LogP contribution is -2.02. The minimum absolute atomic E-state index is 0.0552. The van der Waals surface area contributed by atoms with Gasteiger partial charge < -0.3 is 9.47 Å². The molecule has 0 bridgehead atoms.